The Labute approximate surface area is 82.6 Å². The van der Waals surface area contributed by atoms with Crippen molar-refractivity contribution in [3.8, 4) is 11.8 Å². The van der Waals surface area contributed by atoms with Crippen LogP contribution in [0.3, 0.4) is 0 Å². The summed E-state index contributed by atoms with van der Waals surface area (Å²) in [5.41, 5.74) is 1.43. The number of nitriles is 1. The molecule has 0 spiro atoms. The highest BCUT2D eigenvalue weighted by Gasteiger charge is 2.10. The Kier molecular flexibility index (Phi) is 2.88. The summed E-state index contributed by atoms with van der Waals surface area (Å²) in [7, 11) is 0. The SMILES string of the molecule is CCc1cc(O)c(C#N)cc1C(C)=O. The summed E-state index contributed by atoms with van der Waals surface area (Å²) < 4.78 is 0. The number of rotatable bonds is 2. The highest BCUT2D eigenvalue weighted by Crippen LogP contribution is 2.22. The highest BCUT2D eigenvalue weighted by atomic mass is 16.3. The number of phenolic OH excluding ortho intramolecular Hbond substituents is 1. The van der Waals surface area contributed by atoms with E-state index in [4.69, 9.17) is 5.26 Å². The molecular weight excluding hydrogens is 178 g/mol. The number of phenols is 1. The van der Waals surface area contributed by atoms with E-state index in [1.165, 1.54) is 19.1 Å². The zero-order valence-electron chi connectivity index (χ0n) is 8.16. The summed E-state index contributed by atoms with van der Waals surface area (Å²) in [6.07, 6.45) is 0.661. The van der Waals surface area contributed by atoms with Crippen molar-refractivity contribution in [2.45, 2.75) is 20.3 Å². The maximum Gasteiger partial charge on any atom is 0.160 e. The predicted octanol–water partition coefficient (Wildman–Crippen LogP) is 2.03. The molecule has 0 fully saturated rings. The topological polar surface area (TPSA) is 61.1 Å². The van der Waals surface area contributed by atoms with Gasteiger partial charge in [-0.05, 0) is 31.0 Å². The first-order valence-electron chi connectivity index (χ1n) is 4.37. The molecule has 0 aliphatic rings. The molecule has 0 aliphatic carbocycles. The molecule has 0 saturated heterocycles. The Bertz CT molecular complexity index is 416. The van der Waals surface area contributed by atoms with Crippen molar-refractivity contribution in [2.75, 3.05) is 0 Å². The van der Waals surface area contributed by atoms with Crippen LogP contribution in [0.1, 0.15) is 35.3 Å². The lowest BCUT2D eigenvalue weighted by atomic mass is 9.99. The quantitative estimate of drug-likeness (QED) is 0.724. The third kappa shape index (κ3) is 1.74. The Hall–Kier alpha value is -1.82. The van der Waals surface area contributed by atoms with Crippen molar-refractivity contribution in [3.63, 3.8) is 0 Å². The molecule has 0 amide bonds. The van der Waals surface area contributed by atoms with Crippen molar-refractivity contribution in [1.29, 1.82) is 5.26 Å². The van der Waals surface area contributed by atoms with Gasteiger partial charge in [0.1, 0.15) is 11.8 Å². The summed E-state index contributed by atoms with van der Waals surface area (Å²) >= 11 is 0. The zero-order chi connectivity index (χ0) is 10.7. The van der Waals surface area contributed by atoms with Crippen molar-refractivity contribution in [3.05, 3.63) is 28.8 Å². The molecule has 0 unspecified atom stereocenters. The molecule has 0 aliphatic heterocycles. The second-order valence-electron chi connectivity index (χ2n) is 3.05. The van der Waals surface area contributed by atoms with E-state index in [1.807, 2.05) is 13.0 Å². The number of Topliss-reactive ketones (excluding diaryl/α,β-unsaturated/α-hetero) is 1. The minimum absolute atomic E-state index is 0.0608. The average Bonchev–Trinajstić information content (AvgIpc) is 2.16. The van der Waals surface area contributed by atoms with Crippen LogP contribution >= 0.6 is 0 Å². The van der Waals surface area contributed by atoms with Crippen LogP contribution in [-0.2, 0) is 6.42 Å². The van der Waals surface area contributed by atoms with Gasteiger partial charge in [0.15, 0.2) is 5.78 Å². The van der Waals surface area contributed by atoms with E-state index in [-0.39, 0.29) is 17.1 Å². The lowest BCUT2D eigenvalue weighted by Crippen LogP contribution is -1.99. The van der Waals surface area contributed by atoms with Gasteiger partial charge in [0, 0.05) is 5.56 Å². The highest BCUT2D eigenvalue weighted by molar-refractivity contribution is 5.96. The maximum absolute atomic E-state index is 11.2. The largest absolute Gasteiger partial charge is 0.507 e. The number of benzene rings is 1. The van der Waals surface area contributed by atoms with Gasteiger partial charge in [0.05, 0.1) is 5.56 Å². The Balaban J connectivity index is 3.42. The lowest BCUT2D eigenvalue weighted by molar-refractivity contribution is 0.101. The first-order valence-corrected chi connectivity index (χ1v) is 4.37. The summed E-state index contributed by atoms with van der Waals surface area (Å²) in [5, 5.41) is 18.1. The molecule has 0 radical (unpaired) electrons. The zero-order valence-corrected chi connectivity index (χ0v) is 8.16. The number of nitrogens with zero attached hydrogens (tertiary/aromatic N) is 1. The van der Waals surface area contributed by atoms with Gasteiger partial charge in [-0.2, -0.15) is 5.26 Å². The fraction of sp³-hybridized carbons (Fsp3) is 0.273. The molecule has 1 aromatic rings. The van der Waals surface area contributed by atoms with Crippen LogP contribution in [0.2, 0.25) is 0 Å². The first kappa shape index (κ1) is 10.3. The summed E-state index contributed by atoms with van der Waals surface area (Å²) in [6.45, 7) is 3.35. The van der Waals surface area contributed by atoms with Crippen LogP contribution in [0.4, 0.5) is 0 Å². The molecule has 0 saturated carbocycles. The van der Waals surface area contributed by atoms with E-state index in [0.717, 1.165) is 5.56 Å². The number of ketones is 1. The molecule has 0 bridgehead atoms. The van der Waals surface area contributed by atoms with Gasteiger partial charge in [0.25, 0.3) is 0 Å². The van der Waals surface area contributed by atoms with Crippen molar-refractivity contribution >= 4 is 5.78 Å². The minimum atomic E-state index is -0.0849. The predicted molar refractivity (Wildman–Crippen MR) is 52.2 cm³/mol. The number of aryl methyl sites for hydroxylation is 1. The molecule has 1 rings (SSSR count). The molecular formula is C11H11NO2. The number of hydrogen-bond acceptors (Lipinski definition) is 3. The molecule has 14 heavy (non-hydrogen) atoms. The number of carbonyl (C=O) groups is 1. The number of aromatic hydroxyl groups is 1. The van der Waals surface area contributed by atoms with E-state index in [2.05, 4.69) is 0 Å². The van der Waals surface area contributed by atoms with E-state index < -0.39 is 0 Å². The molecule has 3 heteroatoms. The van der Waals surface area contributed by atoms with Crippen LogP contribution in [0.25, 0.3) is 0 Å². The second-order valence-corrected chi connectivity index (χ2v) is 3.05. The minimum Gasteiger partial charge on any atom is -0.507 e. The molecule has 0 atom stereocenters. The van der Waals surface area contributed by atoms with E-state index >= 15 is 0 Å². The first-order chi connectivity index (χ1) is 6.60. The molecule has 72 valence electrons. The summed E-state index contributed by atoms with van der Waals surface area (Å²) in [4.78, 5) is 11.2. The van der Waals surface area contributed by atoms with Gasteiger partial charge in [-0.15, -0.1) is 0 Å². The molecule has 0 aromatic heterocycles. The van der Waals surface area contributed by atoms with Gasteiger partial charge in [-0.25, -0.2) is 0 Å². The van der Waals surface area contributed by atoms with E-state index in [0.29, 0.717) is 12.0 Å². The van der Waals surface area contributed by atoms with Crippen LogP contribution in [0, 0.1) is 11.3 Å². The Morgan fingerprint density at radius 3 is 2.64 bits per heavy atom. The fourth-order valence-electron chi connectivity index (χ4n) is 1.34. The van der Waals surface area contributed by atoms with Gasteiger partial charge < -0.3 is 5.11 Å². The van der Waals surface area contributed by atoms with Crippen LogP contribution in [-0.4, -0.2) is 10.9 Å². The van der Waals surface area contributed by atoms with Crippen LogP contribution < -0.4 is 0 Å². The van der Waals surface area contributed by atoms with Crippen LogP contribution in [0.15, 0.2) is 12.1 Å². The second kappa shape index (κ2) is 3.93. The van der Waals surface area contributed by atoms with Crippen molar-refractivity contribution in [1.82, 2.24) is 0 Å². The normalized spacial score (nSPS) is 9.50. The number of hydrogen-bond donors (Lipinski definition) is 1. The van der Waals surface area contributed by atoms with Gasteiger partial charge in [-0.1, -0.05) is 6.92 Å². The fourth-order valence-corrected chi connectivity index (χ4v) is 1.34. The van der Waals surface area contributed by atoms with Gasteiger partial charge in [0.2, 0.25) is 0 Å². The Morgan fingerprint density at radius 1 is 1.57 bits per heavy atom. The third-order valence-corrected chi connectivity index (χ3v) is 2.10. The summed E-state index contributed by atoms with van der Waals surface area (Å²) in [5.74, 6) is -0.146. The third-order valence-electron chi connectivity index (χ3n) is 2.10. The summed E-state index contributed by atoms with van der Waals surface area (Å²) in [6, 6.07) is 4.76. The Morgan fingerprint density at radius 2 is 2.21 bits per heavy atom. The molecule has 0 heterocycles. The average molecular weight is 189 g/mol. The molecule has 1 N–H and O–H groups in total. The van der Waals surface area contributed by atoms with E-state index in [1.54, 1.807) is 0 Å². The van der Waals surface area contributed by atoms with E-state index in [9.17, 15) is 9.90 Å². The number of carbonyl (C=O) groups excluding carboxylic acids is 1. The standard InChI is InChI=1S/C11H11NO2/c1-3-8-5-11(14)9(6-12)4-10(8)7(2)13/h4-5,14H,3H2,1-2H3. The van der Waals surface area contributed by atoms with Crippen LogP contribution in [0.5, 0.6) is 5.75 Å². The molecule has 3 nitrogen and oxygen atoms in total. The smallest absolute Gasteiger partial charge is 0.160 e. The molecule has 1 aromatic carbocycles. The monoisotopic (exact) mass is 189 g/mol. The van der Waals surface area contributed by atoms with Gasteiger partial charge >= 0.3 is 0 Å². The van der Waals surface area contributed by atoms with Crippen molar-refractivity contribution in [2.24, 2.45) is 0 Å². The maximum atomic E-state index is 11.2. The lowest BCUT2D eigenvalue weighted by Gasteiger charge is -2.06. The van der Waals surface area contributed by atoms with Gasteiger partial charge in [-0.3, -0.25) is 4.79 Å². The van der Waals surface area contributed by atoms with Crippen molar-refractivity contribution < 1.29 is 9.90 Å².